The number of ether oxygens (including phenoxy) is 2. The van der Waals surface area contributed by atoms with E-state index in [9.17, 15) is 14.4 Å². The van der Waals surface area contributed by atoms with Gasteiger partial charge in [-0.1, -0.05) is 30.0 Å². The van der Waals surface area contributed by atoms with Crippen LogP contribution in [0, 0.1) is 5.82 Å². The Bertz CT molecular complexity index is 2290. The molecule has 2 aromatic carbocycles. The summed E-state index contributed by atoms with van der Waals surface area (Å²) in [6.45, 7) is 10.5. The number of hydrogen-bond acceptors (Lipinski definition) is 12. The Balaban J connectivity index is 0.880. The smallest absolute Gasteiger partial charge is 0.408 e. The summed E-state index contributed by atoms with van der Waals surface area (Å²) in [5.41, 5.74) is 2.51. The van der Waals surface area contributed by atoms with Gasteiger partial charge in [-0.15, -0.1) is 0 Å². The molecule has 0 aliphatic carbocycles. The number of pyridine rings is 1. The second-order valence-corrected chi connectivity index (χ2v) is 17.1. The van der Waals surface area contributed by atoms with E-state index < -0.39 is 34.9 Å². The summed E-state index contributed by atoms with van der Waals surface area (Å²) in [6.07, 6.45) is 16.8. The molecule has 3 aliphatic heterocycles. The predicted octanol–water partition coefficient (Wildman–Crippen LogP) is 8.09. The maximum atomic E-state index is 15.5. The molecular weight excluding hydrogens is 784 g/mol. The summed E-state index contributed by atoms with van der Waals surface area (Å²) < 4.78 is 25.7. The lowest BCUT2D eigenvalue weighted by Crippen LogP contribution is -2.46. The predicted molar refractivity (Wildman–Crippen MR) is 230 cm³/mol. The zero-order valence-electron chi connectivity index (χ0n) is 34.4. The first-order valence-corrected chi connectivity index (χ1v) is 20.7. The summed E-state index contributed by atoms with van der Waals surface area (Å²) in [7, 11) is 1.34. The molecule has 312 valence electrons. The number of hydrogen-bond donors (Lipinski definition) is 2. The third-order valence-electron chi connectivity index (χ3n) is 10.4. The van der Waals surface area contributed by atoms with Crippen molar-refractivity contribution in [1.82, 2.24) is 25.2 Å². The van der Waals surface area contributed by atoms with E-state index in [1.165, 1.54) is 30.5 Å². The van der Waals surface area contributed by atoms with Crippen LogP contribution in [0.1, 0.15) is 73.4 Å². The van der Waals surface area contributed by atoms with Crippen LogP contribution in [-0.4, -0.2) is 88.3 Å². The van der Waals surface area contributed by atoms with Gasteiger partial charge in [-0.25, -0.2) is 28.9 Å². The minimum Gasteiger partial charge on any atom is -0.464 e. The molecule has 3 aliphatic rings. The number of esters is 1. The SMILES string of the molecule is COC(=O)c1ccc(C2=CCN(C3CCN(c4ccc(C(=O)Nc5cccc(Sc6cnc(N7C=CC(C)(NC(=O)OC(C)(C)C)C=C7)cn6)c5)cc4F)CC3)CC2)cn1. The number of nitrogens with zero attached hydrogens (tertiary/aromatic N) is 6. The van der Waals surface area contributed by atoms with E-state index in [1.54, 1.807) is 47.8 Å². The Morgan fingerprint density at radius 1 is 0.933 bits per heavy atom. The van der Waals surface area contributed by atoms with Crippen molar-refractivity contribution in [3.63, 3.8) is 0 Å². The number of aromatic nitrogens is 3. The molecule has 15 heteroatoms. The van der Waals surface area contributed by atoms with Gasteiger partial charge in [0, 0.05) is 67.0 Å². The number of benzene rings is 2. The van der Waals surface area contributed by atoms with Crippen LogP contribution in [0.15, 0.2) is 114 Å². The fourth-order valence-corrected chi connectivity index (χ4v) is 8.04. The Morgan fingerprint density at radius 3 is 2.35 bits per heavy atom. The minimum absolute atomic E-state index is 0.235. The highest BCUT2D eigenvalue weighted by Gasteiger charge is 2.29. The highest BCUT2D eigenvalue weighted by molar-refractivity contribution is 7.99. The van der Waals surface area contributed by atoms with Crippen molar-refractivity contribution in [2.75, 3.05) is 48.4 Å². The van der Waals surface area contributed by atoms with E-state index in [0.717, 1.165) is 55.9 Å². The number of rotatable bonds is 10. The standard InChI is InChI=1S/C45H49FN8O5S/c1-44(2,3)59-43(57)51-45(4)17-23-54(24-18-45)39-28-49-40(29-48-39)60-35-8-6-7-33(26-35)50-41(55)31-10-12-38(36(46)25-31)53-21-15-34(16-22-53)52-19-13-30(14-20-52)32-9-11-37(47-27-32)42(56)58-5/h6-13,17-18,23-29,34H,14-16,19-22H2,1-5H3,(H,50,55)(H,51,57). The molecule has 0 atom stereocenters. The van der Waals surface area contributed by atoms with Crippen LogP contribution in [0.5, 0.6) is 0 Å². The van der Waals surface area contributed by atoms with Gasteiger partial charge >= 0.3 is 12.1 Å². The zero-order valence-corrected chi connectivity index (χ0v) is 35.2. The van der Waals surface area contributed by atoms with Crippen molar-refractivity contribution < 1.29 is 28.2 Å². The number of alkyl carbamates (subject to hydrolysis) is 1. The van der Waals surface area contributed by atoms with E-state index in [0.29, 0.717) is 34.0 Å². The van der Waals surface area contributed by atoms with Crippen LogP contribution < -0.4 is 20.4 Å². The molecule has 2 N–H and O–H groups in total. The number of nitrogens with one attached hydrogen (secondary N) is 2. The summed E-state index contributed by atoms with van der Waals surface area (Å²) in [5, 5.41) is 6.42. The van der Waals surface area contributed by atoms with E-state index in [-0.39, 0.29) is 5.56 Å². The summed E-state index contributed by atoms with van der Waals surface area (Å²) in [5.74, 6) is -0.678. The third kappa shape index (κ3) is 10.6. The lowest BCUT2D eigenvalue weighted by Gasteiger charge is -2.40. The number of amides is 2. The number of halogens is 1. The first-order chi connectivity index (χ1) is 28.7. The van der Waals surface area contributed by atoms with Gasteiger partial charge in [0.05, 0.1) is 30.7 Å². The van der Waals surface area contributed by atoms with Crippen LogP contribution in [0.4, 0.5) is 26.4 Å². The Kier molecular flexibility index (Phi) is 12.7. The third-order valence-corrected chi connectivity index (χ3v) is 11.3. The molecule has 0 bridgehead atoms. The summed E-state index contributed by atoms with van der Waals surface area (Å²) in [6, 6.07) is 16.0. The minimum atomic E-state index is -0.720. The molecule has 1 fully saturated rings. The molecule has 0 unspecified atom stereocenters. The second kappa shape index (κ2) is 18.1. The van der Waals surface area contributed by atoms with Gasteiger partial charge in [0.25, 0.3) is 5.91 Å². The Labute approximate surface area is 353 Å². The molecule has 0 radical (unpaired) electrons. The van der Waals surface area contributed by atoms with Gasteiger partial charge in [-0.2, -0.15) is 0 Å². The number of methoxy groups -OCH3 is 1. The van der Waals surface area contributed by atoms with Crippen molar-refractivity contribution in [2.45, 2.75) is 74.1 Å². The monoisotopic (exact) mass is 832 g/mol. The first-order valence-electron chi connectivity index (χ1n) is 19.9. The maximum absolute atomic E-state index is 15.5. The number of carbonyl (C=O) groups is 3. The average Bonchev–Trinajstić information content (AvgIpc) is 3.23. The molecule has 7 rings (SSSR count). The molecule has 60 heavy (non-hydrogen) atoms. The Morgan fingerprint density at radius 2 is 1.72 bits per heavy atom. The molecule has 4 aromatic rings. The molecule has 0 saturated carbocycles. The summed E-state index contributed by atoms with van der Waals surface area (Å²) in [4.78, 5) is 57.8. The molecular formula is C45H49FN8O5S. The van der Waals surface area contributed by atoms with Crippen molar-refractivity contribution in [1.29, 1.82) is 0 Å². The van der Waals surface area contributed by atoms with Gasteiger partial charge < -0.3 is 29.9 Å². The van der Waals surface area contributed by atoms with Crippen LogP contribution in [-0.2, 0) is 9.47 Å². The normalized spacial score (nSPS) is 16.9. The Hall–Kier alpha value is -6.06. The van der Waals surface area contributed by atoms with E-state index in [2.05, 4.69) is 41.5 Å². The fourth-order valence-electron chi connectivity index (χ4n) is 7.26. The molecule has 2 aromatic heterocycles. The zero-order chi connectivity index (χ0) is 42.4. The van der Waals surface area contributed by atoms with Crippen LogP contribution in [0.3, 0.4) is 0 Å². The lowest BCUT2D eigenvalue weighted by molar-refractivity contribution is 0.0498. The van der Waals surface area contributed by atoms with E-state index in [1.807, 2.05) is 76.5 Å². The summed E-state index contributed by atoms with van der Waals surface area (Å²) >= 11 is 1.39. The average molecular weight is 833 g/mol. The van der Waals surface area contributed by atoms with Crippen molar-refractivity contribution in [2.24, 2.45) is 0 Å². The van der Waals surface area contributed by atoms with Crippen LogP contribution >= 0.6 is 11.8 Å². The molecule has 13 nitrogen and oxygen atoms in total. The van der Waals surface area contributed by atoms with Gasteiger partial charge in [0.15, 0.2) is 5.82 Å². The number of carbonyl (C=O) groups excluding carboxylic acids is 3. The highest BCUT2D eigenvalue weighted by Crippen LogP contribution is 2.31. The number of piperidine rings is 1. The van der Waals surface area contributed by atoms with E-state index in [4.69, 9.17) is 9.47 Å². The molecule has 0 spiro atoms. The molecule has 1 saturated heterocycles. The van der Waals surface area contributed by atoms with Gasteiger partial charge in [-0.3, -0.25) is 9.69 Å². The van der Waals surface area contributed by atoms with Crippen LogP contribution in [0.25, 0.3) is 5.57 Å². The second-order valence-electron chi connectivity index (χ2n) is 16.0. The fraction of sp³-hybridized carbons (Fsp3) is 0.333. The highest BCUT2D eigenvalue weighted by atomic mass is 32.2. The first kappa shape index (κ1) is 42.1. The quantitative estimate of drug-likeness (QED) is 0.149. The van der Waals surface area contributed by atoms with Crippen molar-refractivity contribution in [3.05, 3.63) is 126 Å². The maximum Gasteiger partial charge on any atom is 0.408 e. The van der Waals surface area contributed by atoms with E-state index >= 15 is 4.39 Å². The van der Waals surface area contributed by atoms with Crippen LogP contribution in [0.2, 0.25) is 0 Å². The van der Waals surface area contributed by atoms with Crippen molar-refractivity contribution in [3.8, 4) is 0 Å². The molecule has 5 heterocycles. The largest absolute Gasteiger partial charge is 0.464 e. The van der Waals surface area contributed by atoms with Gasteiger partial charge in [0.1, 0.15) is 22.1 Å². The number of anilines is 3. The van der Waals surface area contributed by atoms with Gasteiger partial charge in [-0.05, 0) is 113 Å². The molecule has 2 amide bonds. The lowest BCUT2D eigenvalue weighted by atomic mass is 9.96. The topological polar surface area (TPSA) is 142 Å². The van der Waals surface area contributed by atoms with Gasteiger partial charge in [0.2, 0.25) is 0 Å². The van der Waals surface area contributed by atoms with Crippen molar-refractivity contribution >= 4 is 52.5 Å².